The SMILES string of the molecule is CC(C)c1ccc(S(=O)(=O)N2CCN(C(=O)NCCc3ccccc3)CC2)cc1. The number of carbonyl (C=O) groups is 1. The molecule has 2 aromatic carbocycles. The summed E-state index contributed by atoms with van der Waals surface area (Å²) in [6.45, 7) is 6.10. The second kappa shape index (κ2) is 9.41. The van der Waals surface area contributed by atoms with E-state index in [2.05, 4.69) is 19.2 Å². The molecule has 1 aliphatic rings. The summed E-state index contributed by atoms with van der Waals surface area (Å²) in [5, 5.41) is 2.92. The highest BCUT2D eigenvalue weighted by Gasteiger charge is 2.30. The number of nitrogens with one attached hydrogen (secondary N) is 1. The Balaban J connectivity index is 1.50. The molecule has 1 heterocycles. The van der Waals surface area contributed by atoms with Crippen LogP contribution in [-0.2, 0) is 16.4 Å². The molecule has 0 atom stereocenters. The molecule has 2 aromatic rings. The van der Waals surface area contributed by atoms with Crippen LogP contribution in [0, 0.1) is 0 Å². The highest BCUT2D eigenvalue weighted by molar-refractivity contribution is 7.89. The minimum absolute atomic E-state index is 0.140. The van der Waals surface area contributed by atoms with Crippen molar-refractivity contribution in [1.82, 2.24) is 14.5 Å². The third kappa shape index (κ3) is 5.36. The van der Waals surface area contributed by atoms with Crippen LogP contribution in [0.2, 0.25) is 0 Å². The number of piperazine rings is 1. The second-order valence-corrected chi connectivity index (χ2v) is 9.52. The Morgan fingerprint density at radius 2 is 1.59 bits per heavy atom. The summed E-state index contributed by atoms with van der Waals surface area (Å²) in [5.74, 6) is 0.357. The minimum atomic E-state index is -3.53. The van der Waals surface area contributed by atoms with Crippen molar-refractivity contribution in [3.8, 4) is 0 Å². The summed E-state index contributed by atoms with van der Waals surface area (Å²) in [5.41, 5.74) is 2.29. The summed E-state index contributed by atoms with van der Waals surface area (Å²) >= 11 is 0. The van der Waals surface area contributed by atoms with Crippen molar-refractivity contribution in [1.29, 1.82) is 0 Å². The second-order valence-electron chi connectivity index (χ2n) is 7.58. The number of hydrogen-bond acceptors (Lipinski definition) is 3. The summed E-state index contributed by atoms with van der Waals surface area (Å²) in [6.07, 6.45) is 0.771. The smallest absolute Gasteiger partial charge is 0.317 e. The van der Waals surface area contributed by atoms with Crippen molar-refractivity contribution < 1.29 is 13.2 Å². The van der Waals surface area contributed by atoms with Gasteiger partial charge >= 0.3 is 6.03 Å². The Morgan fingerprint density at radius 3 is 2.17 bits per heavy atom. The average molecular weight is 416 g/mol. The third-order valence-corrected chi connectivity index (χ3v) is 7.16. The van der Waals surface area contributed by atoms with Crippen LogP contribution in [0.4, 0.5) is 4.79 Å². The molecule has 2 amide bonds. The maximum atomic E-state index is 12.9. The molecule has 7 heteroatoms. The highest BCUT2D eigenvalue weighted by atomic mass is 32.2. The number of benzene rings is 2. The molecule has 0 radical (unpaired) electrons. The van der Waals surface area contributed by atoms with Gasteiger partial charge in [-0.05, 0) is 35.6 Å². The maximum Gasteiger partial charge on any atom is 0.317 e. The van der Waals surface area contributed by atoms with Gasteiger partial charge in [0.05, 0.1) is 4.90 Å². The molecule has 0 saturated carbocycles. The lowest BCUT2D eigenvalue weighted by atomic mass is 10.0. The molecule has 0 bridgehead atoms. The van der Waals surface area contributed by atoms with Crippen molar-refractivity contribution >= 4 is 16.1 Å². The van der Waals surface area contributed by atoms with Crippen molar-refractivity contribution in [3.63, 3.8) is 0 Å². The zero-order valence-electron chi connectivity index (χ0n) is 17.0. The molecule has 29 heavy (non-hydrogen) atoms. The first-order valence-corrected chi connectivity index (χ1v) is 11.5. The Hall–Kier alpha value is -2.38. The Labute approximate surface area is 173 Å². The number of rotatable bonds is 6. The molecule has 6 nitrogen and oxygen atoms in total. The van der Waals surface area contributed by atoms with E-state index in [1.165, 1.54) is 9.87 Å². The molecule has 0 aliphatic carbocycles. The fourth-order valence-corrected chi connectivity index (χ4v) is 4.80. The van der Waals surface area contributed by atoms with Gasteiger partial charge in [-0.15, -0.1) is 0 Å². The first-order valence-electron chi connectivity index (χ1n) is 10.0. The minimum Gasteiger partial charge on any atom is -0.338 e. The van der Waals surface area contributed by atoms with Gasteiger partial charge in [-0.25, -0.2) is 13.2 Å². The van der Waals surface area contributed by atoms with Gasteiger partial charge in [0.2, 0.25) is 10.0 Å². The number of nitrogens with zero attached hydrogens (tertiary/aromatic N) is 2. The van der Waals surface area contributed by atoms with E-state index in [4.69, 9.17) is 0 Å². The number of carbonyl (C=O) groups excluding carboxylic acids is 1. The van der Waals surface area contributed by atoms with Crippen LogP contribution in [0.5, 0.6) is 0 Å². The highest BCUT2D eigenvalue weighted by Crippen LogP contribution is 2.21. The van der Waals surface area contributed by atoms with Crippen molar-refractivity contribution in [2.45, 2.75) is 31.1 Å². The molecule has 0 unspecified atom stereocenters. The molecular formula is C22H29N3O3S. The topological polar surface area (TPSA) is 69.7 Å². The van der Waals surface area contributed by atoms with Crippen LogP contribution < -0.4 is 5.32 Å². The fourth-order valence-electron chi connectivity index (χ4n) is 3.38. The van der Waals surface area contributed by atoms with E-state index in [-0.39, 0.29) is 6.03 Å². The van der Waals surface area contributed by atoms with Crippen LogP contribution in [0.1, 0.15) is 30.9 Å². The Morgan fingerprint density at radius 1 is 0.966 bits per heavy atom. The van der Waals surface area contributed by atoms with Gasteiger partial charge in [0, 0.05) is 32.7 Å². The van der Waals surface area contributed by atoms with Crippen LogP contribution >= 0.6 is 0 Å². The van der Waals surface area contributed by atoms with Crippen molar-refractivity contribution in [2.75, 3.05) is 32.7 Å². The summed E-state index contributed by atoms with van der Waals surface area (Å²) < 4.78 is 27.2. The van der Waals surface area contributed by atoms with Crippen molar-refractivity contribution in [2.24, 2.45) is 0 Å². The van der Waals surface area contributed by atoms with E-state index in [0.29, 0.717) is 43.5 Å². The zero-order chi connectivity index (χ0) is 20.9. The number of urea groups is 1. The van der Waals surface area contributed by atoms with E-state index in [9.17, 15) is 13.2 Å². The Bertz CT molecular complexity index is 904. The summed E-state index contributed by atoms with van der Waals surface area (Å²) in [4.78, 5) is 14.4. The fraction of sp³-hybridized carbons (Fsp3) is 0.409. The molecule has 1 saturated heterocycles. The molecule has 3 rings (SSSR count). The van der Waals surface area contributed by atoms with Gasteiger partial charge in [-0.1, -0.05) is 56.3 Å². The van der Waals surface area contributed by atoms with Crippen molar-refractivity contribution in [3.05, 3.63) is 65.7 Å². The largest absolute Gasteiger partial charge is 0.338 e. The van der Waals surface area contributed by atoms with E-state index in [1.807, 2.05) is 42.5 Å². The van der Waals surface area contributed by atoms with Gasteiger partial charge in [0.25, 0.3) is 0 Å². The molecule has 0 spiro atoms. The summed E-state index contributed by atoms with van der Waals surface area (Å²) in [7, 11) is -3.53. The standard InChI is InChI=1S/C22H29N3O3S/c1-18(2)20-8-10-21(11-9-20)29(27,28)25-16-14-24(15-17-25)22(26)23-13-12-19-6-4-3-5-7-19/h3-11,18H,12-17H2,1-2H3,(H,23,26). The molecule has 156 valence electrons. The van der Waals surface area contributed by atoms with E-state index >= 15 is 0 Å². The van der Waals surface area contributed by atoms with Gasteiger partial charge in [0.1, 0.15) is 0 Å². The quantitative estimate of drug-likeness (QED) is 0.788. The first-order chi connectivity index (χ1) is 13.9. The lowest BCUT2D eigenvalue weighted by molar-refractivity contribution is 0.172. The number of sulfonamides is 1. The summed E-state index contributed by atoms with van der Waals surface area (Å²) in [6, 6.07) is 16.9. The molecule has 1 aliphatic heterocycles. The van der Waals surface area contributed by atoms with E-state index in [0.717, 1.165) is 12.0 Å². The van der Waals surface area contributed by atoms with E-state index in [1.54, 1.807) is 17.0 Å². The van der Waals surface area contributed by atoms with Gasteiger partial charge in [-0.2, -0.15) is 4.31 Å². The Kier molecular flexibility index (Phi) is 6.92. The number of hydrogen-bond donors (Lipinski definition) is 1. The predicted octanol–water partition coefficient (Wildman–Crippen LogP) is 3.07. The van der Waals surface area contributed by atoms with Gasteiger partial charge < -0.3 is 10.2 Å². The maximum absolute atomic E-state index is 12.9. The molecular weight excluding hydrogens is 386 g/mol. The molecule has 1 fully saturated rings. The molecule has 0 aromatic heterocycles. The third-order valence-electron chi connectivity index (χ3n) is 5.24. The number of amides is 2. The van der Waals surface area contributed by atoms with Crippen LogP contribution in [-0.4, -0.2) is 56.4 Å². The van der Waals surface area contributed by atoms with E-state index < -0.39 is 10.0 Å². The van der Waals surface area contributed by atoms with Gasteiger partial charge in [0.15, 0.2) is 0 Å². The average Bonchev–Trinajstić information content (AvgIpc) is 2.74. The molecule has 1 N–H and O–H groups in total. The van der Waals surface area contributed by atoms with Crippen LogP contribution in [0.25, 0.3) is 0 Å². The predicted molar refractivity (Wildman–Crippen MR) is 114 cm³/mol. The lowest BCUT2D eigenvalue weighted by Crippen LogP contribution is -2.53. The van der Waals surface area contributed by atoms with Crippen LogP contribution in [0.15, 0.2) is 59.5 Å². The van der Waals surface area contributed by atoms with Gasteiger partial charge in [-0.3, -0.25) is 0 Å². The monoisotopic (exact) mass is 415 g/mol. The normalized spacial score (nSPS) is 15.5. The van der Waals surface area contributed by atoms with Crippen LogP contribution in [0.3, 0.4) is 0 Å². The first kappa shape index (κ1) is 21.3. The lowest BCUT2D eigenvalue weighted by Gasteiger charge is -2.34. The zero-order valence-corrected chi connectivity index (χ0v) is 17.9.